The first-order valence-electron chi connectivity index (χ1n) is 8.51. The van der Waals surface area contributed by atoms with Gasteiger partial charge in [-0.15, -0.1) is 0 Å². The molecule has 122 valence electrons. The Bertz CT molecular complexity index is 642. The second-order valence-corrected chi connectivity index (χ2v) is 6.97. The molecule has 2 unspecified atom stereocenters. The van der Waals surface area contributed by atoms with Crippen LogP contribution in [-0.2, 0) is 6.54 Å². The molecule has 2 aliphatic heterocycles. The number of fused-ring (bicyclic) bond motifs is 2. The van der Waals surface area contributed by atoms with Crippen molar-refractivity contribution >= 4 is 0 Å². The van der Waals surface area contributed by atoms with Crippen LogP contribution in [-0.4, -0.2) is 52.2 Å². The standard InChI is InChI=1S/C18H24N4O/c1-21(16-10-14-8-9-15(11-16)22(14)2)12-17-19-18(20-23-17)13-6-4-3-5-7-13/h3-7,14-16H,8-12H2,1-2H3. The molecule has 0 spiro atoms. The number of piperidine rings is 1. The number of nitrogens with zero attached hydrogens (tertiary/aromatic N) is 4. The van der Waals surface area contributed by atoms with Crippen LogP contribution in [0.5, 0.6) is 0 Å². The van der Waals surface area contributed by atoms with Gasteiger partial charge in [-0.25, -0.2) is 0 Å². The van der Waals surface area contributed by atoms with E-state index in [9.17, 15) is 0 Å². The minimum atomic E-state index is 0.621. The predicted molar refractivity (Wildman–Crippen MR) is 88.8 cm³/mol. The second-order valence-electron chi connectivity index (χ2n) is 6.97. The van der Waals surface area contributed by atoms with Crippen LogP contribution in [0.1, 0.15) is 31.6 Å². The smallest absolute Gasteiger partial charge is 0.241 e. The van der Waals surface area contributed by atoms with Gasteiger partial charge in [-0.1, -0.05) is 35.5 Å². The largest absolute Gasteiger partial charge is 0.338 e. The van der Waals surface area contributed by atoms with E-state index in [1.54, 1.807) is 0 Å². The monoisotopic (exact) mass is 312 g/mol. The summed E-state index contributed by atoms with van der Waals surface area (Å²) in [6.45, 7) is 0.730. The molecule has 3 heterocycles. The van der Waals surface area contributed by atoms with Crippen LogP contribution in [0, 0.1) is 0 Å². The lowest BCUT2D eigenvalue weighted by molar-refractivity contribution is 0.0809. The highest BCUT2D eigenvalue weighted by molar-refractivity contribution is 5.53. The molecule has 0 N–H and O–H groups in total. The van der Waals surface area contributed by atoms with Crippen molar-refractivity contribution < 1.29 is 4.52 Å². The van der Waals surface area contributed by atoms with E-state index < -0.39 is 0 Å². The van der Waals surface area contributed by atoms with Crippen molar-refractivity contribution in [3.63, 3.8) is 0 Å². The number of rotatable bonds is 4. The first kappa shape index (κ1) is 14.8. The molecule has 2 fully saturated rings. The number of hydrogen-bond acceptors (Lipinski definition) is 5. The summed E-state index contributed by atoms with van der Waals surface area (Å²) in [5, 5.41) is 4.12. The summed E-state index contributed by atoms with van der Waals surface area (Å²) in [5.41, 5.74) is 1.00. The third kappa shape index (κ3) is 2.91. The average Bonchev–Trinajstić information content (AvgIpc) is 3.09. The quantitative estimate of drug-likeness (QED) is 0.868. The van der Waals surface area contributed by atoms with E-state index in [1.807, 2.05) is 30.3 Å². The normalized spacial score (nSPS) is 27.7. The van der Waals surface area contributed by atoms with Crippen molar-refractivity contribution in [2.45, 2.75) is 50.4 Å². The van der Waals surface area contributed by atoms with Crippen LogP contribution in [0.25, 0.3) is 11.4 Å². The third-order valence-electron chi connectivity index (χ3n) is 5.58. The van der Waals surface area contributed by atoms with Crippen LogP contribution >= 0.6 is 0 Å². The van der Waals surface area contributed by atoms with Crippen molar-refractivity contribution in [1.29, 1.82) is 0 Å². The van der Waals surface area contributed by atoms with E-state index in [1.165, 1.54) is 25.7 Å². The topological polar surface area (TPSA) is 45.4 Å². The molecule has 0 saturated carbocycles. The highest BCUT2D eigenvalue weighted by Gasteiger charge is 2.39. The van der Waals surface area contributed by atoms with Crippen molar-refractivity contribution in [1.82, 2.24) is 19.9 Å². The maximum atomic E-state index is 5.46. The van der Waals surface area contributed by atoms with Crippen molar-refractivity contribution in [3.05, 3.63) is 36.2 Å². The van der Waals surface area contributed by atoms with Gasteiger partial charge in [0.1, 0.15) is 0 Å². The zero-order chi connectivity index (χ0) is 15.8. The molecule has 0 aliphatic carbocycles. The predicted octanol–water partition coefficient (Wildman–Crippen LogP) is 2.79. The summed E-state index contributed by atoms with van der Waals surface area (Å²) in [4.78, 5) is 9.52. The van der Waals surface area contributed by atoms with E-state index in [2.05, 4.69) is 34.0 Å². The Labute approximate surface area is 137 Å². The fourth-order valence-electron chi connectivity index (χ4n) is 4.11. The van der Waals surface area contributed by atoms with Gasteiger partial charge in [-0.3, -0.25) is 4.90 Å². The Morgan fingerprint density at radius 2 is 1.87 bits per heavy atom. The van der Waals surface area contributed by atoms with Gasteiger partial charge < -0.3 is 9.42 Å². The maximum Gasteiger partial charge on any atom is 0.241 e. The third-order valence-corrected chi connectivity index (χ3v) is 5.58. The molecule has 4 rings (SSSR count). The van der Waals surface area contributed by atoms with E-state index in [0.717, 1.165) is 24.2 Å². The van der Waals surface area contributed by atoms with Crippen LogP contribution in [0.2, 0.25) is 0 Å². The lowest BCUT2D eigenvalue weighted by atomic mass is 9.97. The molecule has 23 heavy (non-hydrogen) atoms. The lowest BCUT2D eigenvalue weighted by Gasteiger charge is -2.40. The van der Waals surface area contributed by atoms with Gasteiger partial charge in [0.05, 0.1) is 6.54 Å². The van der Waals surface area contributed by atoms with E-state index in [4.69, 9.17) is 4.52 Å². The molecule has 0 radical (unpaired) electrons. The van der Waals surface area contributed by atoms with Crippen molar-refractivity contribution in [2.75, 3.05) is 14.1 Å². The minimum Gasteiger partial charge on any atom is -0.338 e. The Kier molecular flexibility index (Phi) is 3.91. The van der Waals surface area contributed by atoms with Crippen molar-refractivity contribution in [3.8, 4) is 11.4 Å². The number of hydrogen-bond donors (Lipinski definition) is 0. The Balaban J connectivity index is 1.42. The van der Waals surface area contributed by atoms with Crippen LogP contribution in [0.4, 0.5) is 0 Å². The first-order valence-corrected chi connectivity index (χ1v) is 8.51. The minimum absolute atomic E-state index is 0.621. The van der Waals surface area contributed by atoms with Crippen LogP contribution in [0.15, 0.2) is 34.9 Å². The molecule has 2 aliphatic rings. The summed E-state index contributed by atoms with van der Waals surface area (Å²) >= 11 is 0. The van der Waals surface area contributed by atoms with Gasteiger partial charge in [0.15, 0.2) is 0 Å². The maximum absolute atomic E-state index is 5.46. The van der Waals surface area contributed by atoms with Crippen molar-refractivity contribution in [2.24, 2.45) is 0 Å². The van der Waals surface area contributed by atoms with E-state index >= 15 is 0 Å². The van der Waals surface area contributed by atoms with Crippen LogP contribution in [0.3, 0.4) is 0 Å². The highest BCUT2D eigenvalue weighted by Crippen LogP contribution is 2.36. The fourth-order valence-corrected chi connectivity index (χ4v) is 4.11. The zero-order valence-electron chi connectivity index (χ0n) is 13.9. The Morgan fingerprint density at radius 1 is 1.17 bits per heavy atom. The van der Waals surface area contributed by atoms with Gasteiger partial charge in [0.2, 0.25) is 11.7 Å². The molecule has 2 saturated heterocycles. The molecule has 2 atom stereocenters. The lowest BCUT2D eigenvalue weighted by Crippen LogP contribution is -2.47. The van der Waals surface area contributed by atoms with Gasteiger partial charge in [-0.05, 0) is 39.8 Å². The average molecular weight is 312 g/mol. The Hall–Kier alpha value is -1.72. The van der Waals surface area contributed by atoms with Gasteiger partial charge >= 0.3 is 0 Å². The van der Waals surface area contributed by atoms with E-state index in [-0.39, 0.29) is 0 Å². The summed E-state index contributed by atoms with van der Waals surface area (Å²) < 4.78 is 5.46. The summed E-state index contributed by atoms with van der Waals surface area (Å²) in [6.07, 6.45) is 5.21. The summed E-state index contributed by atoms with van der Waals surface area (Å²) in [5.74, 6) is 1.38. The van der Waals surface area contributed by atoms with Crippen LogP contribution < -0.4 is 0 Å². The fraction of sp³-hybridized carbons (Fsp3) is 0.556. The highest BCUT2D eigenvalue weighted by atomic mass is 16.5. The Morgan fingerprint density at radius 3 is 2.57 bits per heavy atom. The molecule has 0 amide bonds. The summed E-state index contributed by atoms with van der Waals surface area (Å²) in [7, 11) is 4.46. The zero-order valence-corrected chi connectivity index (χ0v) is 13.9. The second kappa shape index (κ2) is 6.06. The molecular weight excluding hydrogens is 288 g/mol. The molecule has 5 heteroatoms. The number of benzene rings is 1. The number of aromatic nitrogens is 2. The molecule has 5 nitrogen and oxygen atoms in total. The molecular formula is C18H24N4O. The summed E-state index contributed by atoms with van der Waals surface area (Å²) in [6, 6.07) is 12.1. The molecule has 1 aromatic carbocycles. The molecule has 1 aromatic heterocycles. The van der Waals surface area contributed by atoms with Gasteiger partial charge in [-0.2, -0.15) is 4.98 Å². The first-order chi connectivity index (χ1) is 11.2. The SMILES string of the molecule is CN(Cc1nc(-c2ccccc2)no1)C1CC2CCC(C1)N2C. The van der Waals surface area contributed by atoms with E-state index in [0.29, 0.717) is 17.8 Å². The van der Waals surface area contributed by atoms with Gasteiger partial charge in [0.25, 0.3) is 0 Å². The van der Waals surface area contributed by atoms with Gasteiger partial charge in [0, 0.05) is 23.7 Å². The molecule has 2 bridgehead atoms. The molecule has 2 aromatic rings.